The summed E-state index contributed by atoms with van der Waals surface area (Å²) in [5, 5.41) is 12.4. The molecule has 0 aromatic heterocycles. The van der Waals surface area contributed by atoms with Gasteiger partial charge in [0, 0.05) is 31.3 Å². The Labute approximate surface area is 115 Å². The van der Waals surface area contributed by atoms with Crippen LogP contribution >= 0.6 is 0 Å². The van der Waals surface area contributed by atoms with E-state index in [0.29, 0.717) is 19.5 Å². The molecule has 0 aromatic carbocycles. The summed E-state index contributed by atoms with van der Waals surface area (Å²) in [6.07, 6.45) is 1.62. The molecule has 2 aliphatic rings. The first-order chi connectivity index (χ1) is 8.77. The molecular weight excluding hydrogens is 240 g/mol. The van der Waals surface area contributed by atoms with Gasteiger partial charge in [0.1, 0.15) is 0 Å². The van der Waals surface area contributed by atoms with Gasteiger partial charge in [-0.1, -0.05) is 39.8 Å². The summed E-state index contributed by atoms with van der Waals surface area (Å²) in [6.45, 7) is 12.2. The lowest BCUT2D eigenvalue weighted by Gasteiger charge is -2.33. The third-order valence-corrected chi connectivity index (χ3v) is 5.75. The van der Waals surface area contributed by atoms with E-state index in [1.807, 2.05) is 4.90 Å². The predicted molar refractivity (Wildman–Crippen MR) is 75.3 cm³/mol. The van der Waals surface area contributed by atoms with Crippen molar-refractivity contribution in [2.24, 2.45) is 27.8 Å². The second-order valence-corrected chi connectivity index (χ2v) is 7.11. The van der Waals surface area contributed by atoms with Crippen molar-refractivity contribution in [1.82, 2.24) is 4.90 Å². The third kappa shape index (κ3) is 2.05. The van der Waals surface area contributed by atoms with Gasteiger partial charge in [-0.05, 0) is 17.3 Å². The minimum Gasteiger partial charge on any atom is -0.411 e. The van der Waals surface area contributed by atoms with Gasteiger partial charge in [0.25, 0.3) is 0 Å². The van der Waals surface area contributed by atoms with Gasteiger partial charge in [-0.2, -0.15) is 0 Å². The molecule has 1 saturated heterocycles. The molecule has 0 spiro atoms. The molecule has 1 N–H and O–H groups in total. The summed E-state index contributed by atoms with van der Waals surface area (Å²) < 4.78 is 0. The van der Waals surface area contributed by atoms with Gasteiger partial charge in [-0.3, -0.25) is 4.79 Å². The first kappa shape index (κ1) is 14.4. The number of hydrogen-bond donors (Lipinski definition) is 1. The third-order valence-electron chi connectivity index (χ3n) is 5.75. The maximum atomic E-state index is 12.7. The van der Waals surface area contributed by atoms with E-state index in [0.717, 1.165) is 12.1 Å². The zero-order valence-electron chi connectivity index (χ0n) is 12.7. The van der Waals surface area contributed by atoms with E-state index in [1.165, 1.54) is 0 Å². The van der Waals surface area contributed by atoms with E-state index in [1.54, 1.807) is 0 Å². The molecule has 1 heterocycles. The second kappa shape index (κ2) is 4.50. The molecule has 1 aliphatic heterocycles. The van der Waals surface area contributed by atoms with Gasteiger partial charge in [-0.15, -0.1) is 0 Å². The Morgan fingerprint density at radius 2 is 1.95 bits per heavy atom. The molecule has 2 fully saturated rings. The highest BCUT2D eigenvalue weighted by Crippen LogP contribution is 2.68. The number of amides is 1. The zero-order chi connectivity index (χ0) is 14.4. The van der Waals surface area contributed by atoms with Crippen molar-refractivity contribution in [3.8, 4) is 0 Å². The molecule has 4 heteroatoms. The van der Waals surface area contributed by atoms with Crippen molar-refractivity contribution < 1.29 is 10.0 Å². The monoisotopic (exact) mass is 266 g/mol. The molecule has 108 valence electrons. The maximum Gasteiger partial charge on any atom is 0.226 e. The van der Waals surface area contributed by atoms with Crippen molar-refractivity contribution in [2.75, 3.05) is 13.1 Å². The fourth-order valence-electron chi connectivity index (χ4n) is 3.61. The van der Waals surface area contributed by atoms with Crippen molar-refractivity contribution in [1.29, 1.82) is 0 Å². The number of likely N-dealkylation sites (tertiary alicyclic amines) is 1. The van der Waals surface area contributed by atoms with Crippen molar-refractivity contribution >= 4 is 11.6 Å². The molecule has 1 amide bonds. The van der Waals surface area contributed by atoms with Crippen LogP contribution in [0, 0.1) is 22.7 Å². The van der Waals surface area contributed by atoms with Gasteiger partial charge < -0.3 is 10.1 Å². The Bertz CT molecular complexity index is 398. The molecule has 1 aliphatic carbocycles. The zero-order valence-corrected chi connectivity index (χ0v) is 12.7. The fourth-order valence-corrected chi connectivity index (χ4v) is 3.61. The van der Waals surface area contributed by atoms with Crippen LogP contribution in [0.4, 0.5) is 0 Å². The van der Waals surface area contributed by atoms with E-state index in [2.05, 4.69) is 39.8 Å². The van der Waals surface area contributed by atoms with Crippen LogP contribution in [-0.4, -0.2) is 34.8 Å². The molecule has 19 heavy (non-hydrogen) atoms. The summed E-state index contributed by atoms with van der Waals surface area (Å²) in [4.78, 5) is 14.6. The van der Waals surface area contributed by atoms with Gasteiger partial charge >= 0.3 is 0 Å². The topological polar surface area (TPSA) is 52.9 Å². The molecule has 0 radical (unpaired) electrons. The Morgan fingerprint density at radius 1 is 1.37 bits per heavy atom. The lowest BCUT2D eigenvalue weighted by Crippen LogP contribution is -2.45. The summed E-state index contributed by atoms with van der Waals surface area (Å²) in [5.74, 6) is 0.628. The highest BCUT2D eigenvalue weighted by molar-refractivity contribution is 5.90. The standard InChI is InChI=1S/C15H26N2O2/c1-6-10-9-17(8-7-11(10)16-19)13(18)12-14(2,3)15(12,4)5/h10,12,19H,6-9H2,1-5H3. The maximum absolute atomic E-state index is 12.7. The van der Waals surface area contributed by atoms with Crippen LogP contribution in [0.1, 0.15) is 47.5 Å². The number of carbonyl (C=O) groups excluding carboxylic acids is 1. The SMILES string of the molecule is CCC1CN(C(=O)C2C(C)(C)C2(C)C)CCC1=NO. The number of nitrogens with zero attached hydrogens (tertiary/aromatic N) is 2. The van der Waals surface area contributed by atoms with Crippen LogP contribution in [0.15, 0.2) is 5.16 Å². The normalized spacial score (nSPS) is 31.5. The van der Waals surface area contributed by atoms with Crippen molar-refractivity contribution in [2.45, 2.75) is 47.5 Å². The molecule has 0 aromatic rings. The van der Waals surface area contributed by atoms with Crippen molar-refractivity contribution in [3.63, 3.8) is 0 Å². The lowest BCUT2D eigenvalue weighted by molar-refractivity contribution is -0.134. The summed E-state index contributed by atoms with van der Waals surface area (Å²) >= 11 is 0. The Balaban J connectivity index is 2.07. The minimum absolute atomic E-state index is 0.0944. The summed E-state index contributed by atoms with van der Waals surface area (Å²) in [5.41, 5.74) is 1.04. The average molecular weight is 266 g/mol. The molecular formula is C15H26N2O2. The van der Waals surface area contributed by atoms with Gasteiger partial charge in [0.15, 0.2) is 0 Å². The second-order valence-electron chi connectivity index (χ2n) is 7.11. The van der Waals surface area contributed by atoms with Crippen LogP contribution in [0.2, 0.25) is 0 Å². The van der Waals surface area contributed by atoms with Crippen molar-refractivity contribution in [3.05, 3.63) is 0 Å². The van der Waals surface area contributed by atoms with Crippen LogP contribution < -0.4 is 0 Å². The molecule has 0 bridgehead atoms. The highest BCUT2D eigenvalue weighted by atomic mass is 16.4. The Morgan fingerprint density at radius 3 is 2.37 bits per heavy atom. The molecule has 1 atom stereocenters. The first-order valence-corrected chi connectivity index (χ1v) is 7.27. The van der Waals surface area contributed by atoms with Crippen LogP contribution in [0.5, 0.6) is 0 Å². The number of rotatable bonds is 2. The van der Waals surface area contributed by atoms with E-state index < -0.39 is 0 Å². The van der Waals surface area contributed by atoms with Gasteiger partial charge in [0.05, 0.1) is 5.71 Å². The Kier molecular flexibility index (Phi) is 3.40. The lowest BCUT2D eigenvalue weighted by atomic mass is 9.92. The molecule has 4 nitrogen and oxygen atoms in total. The first-order valence-electron chi connectivity index (χ1n) is 7.27. The highest BCUT2D eigenvalue weighted by Gasteiger charge is 2.68. The van der Waals surface area contributed by atoms with Gasteiger partial charge in [-0.25, -0.2) is 0 Å². The van der Waals surface area contributed by atoms with Gasteiger partial charge in [0.2, 0.25) is 5.91 Å². The Hall–Kier alpha value is -1.06. The van der Waals surface area contributed by atoms with E-state index >= 15 is 0 Å². The average Bonchev–Trinajstić information content (AvgIpc) is 2.78. The fraction of sp³-hybridized carbons (Fsp3) is 0.867. The van der Waals surface area contributed by atoms with E-state index in [4.69, 9.17) is 5.21 Å². The minimum atomic E-state index is 0.0944. The number of piperidine rings is 1. The molecule has 1 saturated carbocycles. The summed E-state index contributed by atoms with van der Waals surface area (Å²) in [6, 6.07) is 0. The van der Waals surface area contributed by atoms with Crippen LogP contribution in [-0.2, 0) is 4.79 Å². The van der Waals surface area contributed by atoms with E-state index in [-0.39, 0.29) is 28.6 Å². The number of carbonyl (C=O) groups is 1. The predicted octanol–water partition coefficient (Wildman–Crippen LogP) is 2.76. The summed E-state index contributed by atoms with van der Waals surface area (Å²) in [7, 11) is 0. The van der Waals surface area contributed by atoms with Crippen LogP contribution in [0.3, 0.4) is 0 Å². The molecule has 1 unspecified atom stereocenters. The smallest absolute Gasteiger partial charge is 0.226 e. The van der Waals surface area contributed by atoms with E-state index in [9.17, 15) is 4.79 Å². The van der Waals surface area contributed by atoms with Crippen LogP contribution in [0.25, 0.3) is 0 Å². The number of oxime groups is 1. The molecule has 2 rings (SSSR count). The number of hydrogen-bond acceptors (Lipinski definition) is 3. The largest absolute Gasteiger partial charge is 0.411 e. The quantitative estimate of drug-likeness (QED) is 0.617.